The molecule has 0 radical (unpaired) electrons. The predicted molar refractivity (Wildman–Crippen MR) is 117 cm³/mol. The van der Waals surface area contributed by atoms with E-state index in [4.69, 9.17) is 11.6 Å². The van der Waals surface area contributed by atoms with E-state index in [1.807, 2.05) is 43.6 Å². The molecule has 0 saturated carbocycles. The van der Waals surface area contributed by atoms with Gasteiger partial charge in [0, 0.05) is 50.0 Å². The van der Waals surface area contributed by atoms with Crippen molar-refractivity contribution in [3.63, 3.8) is 0 Å². The van der Waals surface area contributed by atoms with Crippen LogP contribution in [0.25, 0.3) is 0 Å². The second-order valence-corrected chi connectivity index (χ2v) is 7.67. The molecule has 150 valence electrons. The van der Waals surface area contributed by atoms with E-state index >= 15 is 0 Å². The van der Waals surface area contributed by atoms with Gasteiger partial charge in [-0.15, -0.1) is 0 Å². The fourth-order valence-corrected chi connectivity index (χ4v) is 3.73. The van der Waals surface area contributed by atoms with Crippen molar-refractivity contribution in [1.29, 1.82) is 0 Å². The summed E-state index contributed by atoms with van der Waals surface area (Å²) in [7, 11) is 1.82. The SMILES string of the molecule is CN=C(NCCc1ccccn1)NCC1CCN(Cc2ccccc2Cl)CC1. The van der Waals surface area contributed by atoms with Crippen molar-refractivity contribution in [3.8, 4) is 0 Å². The Labute approximate surface area is 173 Å². The van der Waals surface area contributed by atoms with Crippen LogP contribution in [0.5, 0.6) is 0 Å². The van der Waals surface area contributed by atoms with Crippen molar-refractivity contribution in [1.82, 2.24) is 20.5 Å². The van der Waals surface area contributed by atoms with Gasteiger partial charge in [0.15, 0.2) is 5.96 Å². The third kappa shape index (κ3) is 6.50. The molecule has 0 bridgehead atoms. The Balaban J connectivity index is 1.34. The van der Waals surface area contributed by atoms with Crippen LogP contribution in [-0.2, 0) is 13.0 Å². The highest BCUT2D eigenvalue weighted by Gasteiger charge is 2.20. The first-order valence-electron chi connectivity index (χ1n) is 10.0. The molecule has 2 N–H and O–H groups in total. The number of benzene rings is 1. The highest BCUT2D eigenvalue weighted by molar-refractivity contribution is 6.31. The maximum atomic E-state index is 6.29. The molecule has 2 heterocycles. The minimum Gasteiger partial charge on any atom is -0.356 e. The van der Waals surface area contributed by atoms with E-state index in [1.165, 1.54) is 18.4 Å². The quantitative estimate of drug-likeness (QED) is 0.553. The number of nitrogens with one attached hydrogen (secondary N) is 2. The Morgan fingerprint density at radius 3 is 2.64 bits per heavy atom. The fraction of sp³-hybridized carbons (Fsp3) is 0.455. The topological polar surface area (TPSA) is 52.6 Å². The van der Waals surface area contributed by atoms with E-state index in [1.54, 1.807) is 0 Å². The van der Waals surface area contributed by atoms with Crippen LogP contribution in [0.15, 0.2) is 53.7 Å². The average molecular weight is 400 g/mol. The second kappa shape index (κ2) is 11.0. The Morgan fingerprint density at radius 2 is 1.93 bits per heavy atom. The van der Waals surface area contributed by atoms with Gasteiger partial charge >= 0.3 is 0 Å². The maximum absolute atomic E-state index is 6.29. The molecular formula is C22H30ClN5. The number of aromatic nitrogens is 1. The number of hydrogen-bond donors (Lipinski definition) is 2. The van der Waals surface area contributed by atoms with Crippen LogP contribution in [0, 0.1) is 5.92 Å². The van der Waals surface area contributed by atoms with Gasteiger partial charge in [0.05, 0.1) is 0 Å². The monoisotopic (exact) mass is 399 g/mol. The van der Waals surface area contributed by atoms with Crippen molar-refractivity contribution in [2.24, 2.45) is 10.9 Å². The van der Waals surface area contributed by atoms with Gasteiger partial charge in [-0.1, -0.05) is 35.9 Å². The molecule has 0 amide bonds. The standard InChI is InChI=1S/C22H30ClN5/c1-24-22(26-13-9-20-7-4-5-12-25-20)27-16-18-10-14-28(15-11-18)17-19-6-2-3-8-21(19)23/h2-8,12,18H,9-11,13-17H2,1H3,(H2,24,26,27). The number of piperidine rings is 1. The summed E-state index contributed by atoms with van der Waals surface area (Å²) in [6.45, 7) is 4.96. The van der Waals surface area contributed by atoms with Crippen LogP contribution in [0.3, 0.4) is 0 Å². The summed E-state index contributed by atoms with van der Waals surface area (Å²) in [4.78, 5) is 11.2. The predicted octanol–water partition coefficient (Wildman–Crippen LogP) is 3.35. The smallest absolute Gasteiger partial charge is 0.190 e. The van der Waals surface area contributed by atoms with Crippen molar-refractivity contribution < 1.29 is 0 Å². The van der Waals surface area contributed by atoms with Crippen LogP contribution in [0.1, 0.15) is 24.1 Å². The summed E-state index contributed by atoms with van der Waals surface area (Å²) < 4.78 is 0. The number of hydrogen-bond acceptors (Lipinski definition) is 3. The van der Waals surface area contributed by atoms with Crippen molar-refractivity contribution in [2.45, 2.75) is 25.8 Å². The number of guanidine groups is 1. The minimum absolute atomic E-state index is 0.678. The Kier molecular flexibility index (Phi) is 8.12. The lowest BCUT2D eigenvalue weighted by atomic mass is 9.96. The van der Waals surface area contributed by atoms with Crippen molar-refractivity contribution in [2.75, 3.05) is 33.2 Å². The van der Waals surface area contributed by atoms with Gasteiger partial charge in [0.2, 0.25) is 0 Å². The third-order valence-electron chi connectivity index (χ3n) is 5.24. The van der Waals surface area contributed by atoms with Crippen molar-refractivity contribution >= 4 is 17.6 Å². The van der Waals surface area contributed by atoms with E-state index in [-0.39, 0.29) is 0 Å². The lowest BCUT2D eigenvalue weighted by Gasteiger charge is -2.32. The normalized spacial score (nSPS) is 16.1. The van der Waals surface area contributed by atoms with Crippen LogP contribution in [-0.4, -0.2) is 49.1 Å². The lowest BCUT2D eigenvalue weighted by molar-refractivity contribution is 0.178. The van der Waals surface area contributed by atoms with Gasteiger partial charge in [-0.05, 0) is 55.6 Å². The van der Waals surface area contributed by atoms with Crippen LogP contribution < -0.4 is 10.6 Å². The molecule has 1 aliphatic rings. The molecule has 0 unspecified atom stereocenters. The van der Waals surface area contributed by atoms with E-state index in [0.717, 1.165) is 55.8 Å². The number of nitrogens with zero attached hydrogens (tertiary/aromatic N) is 3. The van der Waals surface area contributed by atoms with E-state index in [9.17, 15) is 0 Å². The molecule has 0 aliphatic carbocycles. The molecule has 6 heteroatoms. The summed E-state index contributed by atoms with van der Waals surface area (Å²) in [6, 6.07) is 14.2. The molecule has 2 aromatic rings. The first-order chi connectivity index (χ1) is 13.7. The van der Waals surface area contributed by atoms with Gasteiger partial charge in [0.25, 0.3) is 0 Å². The number of halogens is 1. The van der Waals surface area contributed by atoms with E-state index in [2.05, 4.69) is 37.6 Å². The van der Waals surface area contributed by atoms with Gasteiger partial charge in [-0.2, -0.15) is 0 Å². The lowest BCUT2D eigenvalue weighted by Crippen LogP contribution is -2.43. The Hall–Kier alpha value is -2.11. The molecule has 5 nitrogen and oxygen atoms in total. The zero-order valence-corrected chi connectivity index (χ0v) is 17.3. The summed E-state index contributed by atoms with van der Waals surface area (Å²) >= 11 is 6.29. The molecule has 1 aromatic carbocycles. The fourth-order valence-electron chi connectivity index (χ4n) is 3.53. The number of likely N-dealkylation sites (tertiary alicyclic amines) is 1. The molecule has 3 rings (SSSR count). The molecule has 1 aromatic heterocycles. The van der Waals surface area contributed by atoms with Gasteiger partial charge < -0.3 is 10.6 Å². The van der Waals surface area contributed by atoms with Gasteiger partial charge in [-0.25, -0.2) is 0 Å². The number of aliphatic imine (C=N–C) groups is 1. The third-order valence-corrected chi connectivity index (χ3v) is 5.61. The molecule has 0 spiro atoms. The summed E-state index contributed by atoms with van der Waals surface area (Å²) in [6.07, 6.45) is 5.12. The maximum Gasteiger partial charge on any atom is 0.190 e. The molecular weight excluding hydrogens is 370 g/mol. The summed E-state index contributed by atoms with van der Waals surface area (Å²) in [5.41, 5.74) is 2.31. The van der Waals surface area contributed by atoms with Crippen LogP contribution in [0.2, 0.25) is 5.02 Å². The van der Waals surface area contributed by atoms with Crippen LogP contribution in [0.4, 0.5) is 0 Å². The molecule has 28 heavy (non-hydrogen) atoms. The largest absolute Gasteiger partial charge is 0.356 e. The average Bonchev–Trinajstić information content (AvgIpc) is 2.74. The molecule has 0 atom stereocenters. The first-order valence-corrected chi connectivity index (χ1v) is 10.4. The van der Waals surface area contributed by atoms with Gasteiger partial charge in [0.1, 0.15) is 0 Å². The highest BCUT2D eigenvalue weighted by atomic mass is 35.5. The van der Waals surface area contributed by atoms with Gasteiger partial charge in [-0.3, -0.25) is 14.9 Å². The molecule has 1 aliphatic heterocycles. The zero-order chi connectivity index (χ0) is 19.6. The van der Waals surface area contributed by atoms with E-state index in [0.29, 0.717) is 5.92 Å². The van der Waals surface area contributed by atoms with Crippen LogP contribution >= 0.6 is 11.6 Å². The molecule has 1 saturated heterocycles. The highest BCUT2D eigenvalue weighted by Crippen LogP contribution is 2.21. The second-order valence-electron chi connectivity index (χ2n) is 7.26. The Bertz CT molecular complexity index is 742. The van der Waals surface area contributed by atoms with E-state index < -0.39 is 0 Å². The minimum atomic E-state index is 0.678. The number of pyridine rings is 1. The summed E-state index contributed by atoms with van der Waals surface area (Å²) in [5, 5.41) is 7.72. The van der Waals surface area contributed by atoms with Crippen molar-refractivity contribution in [3.05, 3.63) is 64.9 Å². The summed E-state index contributed by atoms with van der Waals surface area (Å²) in [5.74, 6) is 1.55. The Morgan fingerprint density at radius 1 is 1.14 bits per heavy atom. The number of rotatable bonds is 7. The zero-order valence-electron chi connectivity index (χ0n) is 16.6. The molecule has 1 fully saturated rings. The first kappa shape index (κ1) is 20.6.